The fourth-order valence-corrected chi connectivity index (χ4v) is 5.29. The van der Waals surface area contributed by atoms with Crippen LogP contribution in [0.2, 0.25) is 5.02 Å². The number of urea groups is 1. The Morgan fingerprint density at radius 2 is 1.68 bits per heavy atom. The monoisotopic (exact) mass is 564 g/mol. The van der Waals surface area contributed by atoms with Crippen molar-refractivity contribution in [3.63, 3.8) is 0 Å². The molecule has 0 bridgehead atoms. The highest BCUT2D eigenvalue weighted by Crippen LogP contribution is 2.48. The topological polar surface area (TPSA) is 123 Å². The molecule has 0 saturated carbocycles. The van der Waals surface area contributed by atoms with E-state index in [1.165, 1.54) is 4.90 Å². The molecule has 210 valence electrons. The van der Waals surface area contributed by atoms with Crippen molar-refractivity contribution in [2.45, 2.75) is 38.5 Å². The zero-order valence-corrected chi connectivity index (χ0v) is 23.4. The third-order valence-corrected chi connectivity index (χ3v) is 7.00. The second-order valence-electron chi connectivity index (χ2n) is 9.42. The van der Waals surface area contributed by atoms with Gasteiger partial charge in [0.15, 0.2) is 11.8 Å². The predicted octanol–water partition coefficient (Wildman–Crippen LogP) is 4.68. The normalized spacial score (nSPS) is 17.0. The molecule has 0 aromatic heterocycles. The van der Waals surface area contributed by atoms with Gasteiger partial charge in [-0.2, -0.15) is 0 Å². The van der Waals surface area contributed by atoms with E-state index in [-0.39, 0.29) is 6.54 Å². The van der Waals surface area contributed by atoms with Crippen LogP contribution in [0.1, 0.15) is 36.5 Å². The number of hydrogen-bond donors (Lipinski definition) is 3. The highest BCUT2D eigenvalue weighted by Gasteiger charge is 2.59. The number of amides is 4. The van der Waals surface area contributed by atoms with E-state index in [1.807, 2.05) is 32.9 Å². The minimum absolute atomic E-state index is 0.0379. The van der Waals surface area contributed by atoms with Gasteiger partial charge in [-0.25, -0.2) is 4.79 Å². The Labute approximate surface area is 238 Å². The van der Waals surface area contributed by atoms with Gasteiger partial charge in [0.25, 0.3) is 5.91 Å². The minimum atomic E-state index is -1.87. The molecule has 2 unspecified atom stereocenters. The first-order valence-electron chi connectivity index (χ1n) is 13.1. The average molecular weight is 565 g/mol. The van der Waals surface area contributed by atoms with Gasteiger partial charge in [-0.05, 0) is 50.6 Å². The molecule has 0 spiro atoms. The van der Waals surface area contributed by atoms with Gasteiger partial charge in [-0.1, -0.05) is 65.7 Å². The van der Waals surface area contributed by atoms with Gasteiger partial charge in [-0.15, -0.1) is 0 Å². The summed E-state index contributed by atoms with van der Waals surface area (Å²) in [6.07, 6.45) is -0.727. The predicted molar refractivity (Wildman–Crippen MR) is 154 cm³/mol. The van der Waals surface area contributed by atoms with Gasteiger partial charge in [0.05, 0.1) is 18.2 Å². The number of carbonyl (C=O) groups excluding carboxylic acids is 3. The Morgan fingerprint density at radius 1 is 1.00 bits per heavy atom. The molecule has 0 fully saturated rings. The van der Waals surface area contributed by atoms with Crippen molar-refractivity contribution in [1.82, 2.24) is 5.32 Å². The number of rotatable bonds is 11. The zero-order valence-electron chi connectivity index (χ0n) is 22.6. The van der Waals surface area contributed by atoms with Crippen LogP contribution in [-0.4, -0.2) is 43.9 Å². The summed E-state index contributed by atoms with van der Waals surface area (Å²) in [5.74, 6) is -2.55. The number of carbonyl (C=O) groups is 3. The molecule has 40 heavy (non-hydrogen) atoms. The molecule has 4 amide bonds. The Bertz CT molecular complexity index is 1380. The molecule has 4 N–H and O–H groups in total. The molecular formula is C30H33ClN4O5. The number of benzene rings is 3. The molecule has 0 aliphatic carbocycles. The number of hydrogen-bond acceptors (Lipinski definition) is 5. The standard InChI is InChI=1S/C30H33ClN4O5/c1-4-39-25(40-5-2)18-35-24-12-7-6-11-23(24)30(28(35)37,26(27(32)36)20-15-13-19(3)14-16-20)34-29(38)33-22-10-8-9-21(31)17-22/h6-17,25-26H,4-5,18H2,1-3H3,(H2,32,36)(H2,33,34,38). The van der Waals surface area contributed by atoms with Crippen molar-refractivity contribution in [2.24, 2.45) is 5.73 Å². The third kappa shape index (κ3) is 5.82. The molecule has 9 nitrogen and oxygen atoms in total. The van der Waals surface area contributed by atoms with E-state index in [2.05, 4.69) is 10.6 Å². The Balaban J connectivity index is 1.86. The Hall–Kier alpha value is -3.92. The number of anilines is 2. The first-order chi connectivity index (χ1) is 19.2. The first-order valence-corrected chi connectivity index (χ1v) is 13.4. The van der Waals surface area contributed by atoms with Crippen LogP contribution in [0.5, 0.6) is 0 Å². The van der Waals surface area contributed by atoms with Crippen LogP contribution < -0.4 is 21.3 Å². The second-order valence-corrected chi connectivity index (χ2v) is 9.85. The SMILES string of the molecule is CCOC(CN1C(=O)C(NC(=O)Nc2cccc(Cl)c2)(C(C(N)=O)c2ccc(C)cc2)c2ccccc21)OCC. The molecule has 3 aromatic rings. The van der Waals surface area contributed by atoms with Crippen molar-refractivity contribution >= 4 is 40.8 Å². The lowest BCUT2D eigenvalue weighted by molar-refractivity contribution is -0.139. The molecule has 2 atom stereocenters. The van der Waals surface area contributed by atoms with Crippen LogP contribution >= 0.6 is 11.6 Å². The van der Waals surface area contributed by atoms with E-state index >= 15 is 0 Å². The van der Waals surface area contributed by atoms with Crippen LogP contribution in [0, 0.1) is 6.92 Å². The summed E-state index contributed by atoms with van der Waals surface area (Å²) >= 11 is 6.10. The number of nitrogens with two attached hydrogens (primary N) is 1. The first kappa shape index (κ1) is 29.1. The van der Waals surface area contributed by atoms with Crippen LogP contribution in [0.15, 0.2) is 72.8 Å². The van der Waals surface area contributed by atoms with Gasteiger partial charge in [0, 0.05) is 29.5 Å². The molecular weight excluding hydrogens is 532 g/mol. The number of aryl methyl sites for hydroxylation is 1. The summed E-state index contributed by atoms with van der Waals surface area (Å²) in [4.78, 5) is 42.9. The lowest BCUT2D eigenvalue weighted by Crippen LogP contribution is -2.60. The number of ether oxygens (including phenoxy) is 2. The third-order valence-electron chi connectivity index (χ3n) is 6.76. The minimum Gasteiger partial charge on any atom is -0.369 e. The van der Waals surface area contributed by atoms with E-state index in [0.717, 1.165) is 5.56 Å². The van der Waals surface area contributed by atoms with E-state index in [9.17, 15) is 14.4 Å². The lowest BCUT2D eigenvalue weighted by Gasteiger charge is -2.36. The average Bonchev–Trinajstić information content (AvgIpc) is 3.13. The Kier molecular flexibility index (Phi) is 9.09. The molecule has 1 heterocycles. The molecule has 0 radical (unpaired) electrons. The summed E-state index contributed by atoms with van der Waals surface area (Å²) in [5, 5.41) is 6.02. The molecule has 10 heteroatoms. The summed E-state index contributed by atoms with van der Waals surface area (Å²) in [7, 11) is 0. The van der Waals surface area contributed by atoms with Crippen LogP contribution in [0.25, 0.3) is 0 Å². The lowest BCUT2D eigenvalue weighted by atomic mass is 9.74. The van der Waals surface area contributed by atoms with Crippen molar-refractivity contribution in [2.75, 3.05) is 30.0 Å². The van der Waals surface area contributed by atoms with Crippen LogP contribution in [-0.2, 0) is 24.6 Å². The maximum absolute atomic E-state index is 14.6. The van der Waals surface area contributed by atoms with E-state index in [0.29, 0.717) is 40.7 Å². The quantitative estimate of drug-likeness (QED) is 0.292. The smallest absolute Gasteiger partial charge is 0.320 e. The highest BCUT2D eigenvalue weighted by atomic mass is 35.5. The molecule has 1 aliphatic rings. The number of nitrogens with one attached hydrogen (secondary N) is 2. The van der Waals surface area contributed by atoms with Gasteiger partial charge in [-0.3, -0.25) is 9.59 Å². The number of primary amides is 1. The number of fused-ring (bicyclic) bond motifs is 1. The number of para-hydroxylation sites is 1. The zero-order chi connectivity index (χ0) is 28.9. The van der Waals surface area contributed by atoms with Gasteiger partial charge < -0.3 is 30.7 Å². The highest BCUT2D eigenvalue weighted by molar-refractivity contribution is 6.30. The Morgan fingerprint density at radius 3 is 2.30 bits per heavy atom. The van der Waals surface area contributed by atoms with Gasteiger partial charge in [0.2, 0.25) is 5.91 Å². The second kappa shape index (κ2) is 12.5. The van der Waals surface area contributed by atoms with Gasteiger partial charge in [0.1, 0.15) is 0 Å². The molecule has 3 aromatic carbocycles. The fraction of sp³-hybridized carbons (Fsp3) is 0.300. The van der Waals surface area contributed by atoms with Crippen LogP contribution in [0.4, 0.5) is 16.2 Å². The van der Waals surface area contributed by atoms with E-state index in [1.54, 1.807) is 60.7 Å². The van der Waals surface area contributed by atoms with Crippen molar-refractivity contribution < 1.29 is 23.9 Å². The summed E-state index contributed by atoms with van der Waals surface area (Å²) < 4.78 is 11.5. The summed E-state index contributed by atoms with van der Waals surface area (Å²) in [6.45, 7) is 6.35. The van der Waals surface area contributed by atoms with Crippen molar-refractivity contribution in [3.05, 3.63) is 94.5 Å². The summed E-state index contributed by atoms with van der Waals surface area (Å²) in [5.41, 5.74) is 6.96. The van der Waals surface area contributed by atoms with E-state index < -0.39 is 35.6 Å². The number of nitrogens with zero attached hydrogens (tertiary/aromatic N) is 1. The van der Waals surface area contributed by atoms with Gasteiger partial charge >= 0.3 is 6.03 Å². The largest absolute Gasteiger partial charge is 0.369 e. The molecule has 4 rings (SSSR count). The fourth-order valence-electron chi connectivity index (χ4n) is 5.10. The maximum Gasteiger partial charge on any atom is 0.320 e. The maximum atomic E-state index is 14.6. The number of halogens is 1. The van der Waals surface area contributed by atoms with Crippen LogP contribution in [0.3, 0.4) is 0 Å². The molecule has 1 aliphatic heterocycles. The molecule has 0 saturated heterocycles. The van der Waals surface area contributed by atoms with E-state index in [4.69, 9.17) is 26.8 Å². The van der Waals surface area contributed by atoms with Crippen molar-refractivity contribution in [3.8, 4) is 0 Å². The van der Waals surface area contributed by atoms with Crippen molar-refractivity contribution in [1.29, 1.82) is 0 Å². The summed E-state index contributed by atoms with van der Waals surface area (Å²) in [6, 6.07) is 20.0.